The van der Waals surface area contributed by atoms with Crippen LogP contribution in [-0.2, 0) is 9.53 Å². The molecule has 0 radical (unpaired) electrons. The van der Waals surface area contributed by atoms with Crippen LogP contribution in [0.4, 0.5) is 0 Å². The molecule has 4 nitrogen and oxygen atoms in total. The molecule has 0 aliphatic carbocycles. The summed E-state index contributed by atoms with van der Waals surface area (Å²) in [5, 5.41) is 3.36. The molecule has 0 aromatic carbocycles. The average Bonchev–Trinajstić information content (AvgIpc) is 2.77. The highest BCUT2D eigenvalue weighted by Crippen LogP contribution is 2.32. The predicted octanol–water partition coefficient (Wildman–Crippen LogP) is 0.622. The molecule has 2 aliphatic heterocycles. The van der Waals surface area contributed by atoms with Gasteiger partial charge in [-0.1, -0.05) is 6.92 Å². The van der Waals surface area contributed by atoms with Crippen LogP contribution >= 0.6 is 0 Å². The molecule has 2 saturated heterocycles. The smallest absolute Gasteiger partial charge is 0.249 e. The number of nitrogens with zero attached hydrogens (tertiary/aromatic N) is 1. The molecule has 1 N–H and O–H groups in total. The lowest BCUT2D eigenvalue weighted by molar-refractivity contribution is -0.138. The van der Waals surface area contributed by atoms with E-state index >= 15 is 0 Å². The fourth-order valence-electron chi connectivity index (χ4n) is 2.97. The summed E-state index contributed by atoms with van der Waals surface area (Å²) < 4.78 is 5.34. The quantitative estimate of drug-likeness (QED) is 0.715. The zero-order chi connectivity index (χ0) is 11.5. The molecule has 92 valence electrons. The van der Waals surface area contributed by atoms with Crippen molar-refractivity contribution in [2.24, 2.45) is 5.92 Å². The highest BCUT2D eigenvalue weighted by atomic mass is 16.5. The highest BCUT2D eigenvalue weighted by Gasteiger charge is 2.43. The highest BCUT2D eigenvalue weighted by molar-refractivity contribution is 5.78. The van der Waals surface area contributed by atoms with Gasteiger partial charge in [0, 0.05) is 31.8 Å². The molecule has 2 rings (SSSR count). The number of nitrogens with one attached hydrogen (secondary N) is 1. The minimum atomic E-state index is 0.164. The Balaban J connectivity index is 1.89. The van der Waals surface area contributed by atoms with Crippen molar-refractivity contribution in [1.29, 1.82) is 0 Å². The Kier molecular flexibility index (Phi) is 3.82. The second-order valence-electron chi connectivity index (χ2n) is 4.92. The van der Waals surface area contributed by atoms with Gasteiger partial charge in [-0.25, -0.2) is 0 Å². The molecule has 0 saturated carbocycles. The second kappa shape index (κ2) is 5.15. The normalized spacial score (nSPS) is 33.1. The third kappa shape index (κ3) is 2.23. The third-order valence-corrected chi connectivity index (χ3v) is 3.64. The van der Waals surface area contributed by atoms with E-state index in [1.54, 1.807) is 0 Å². The largest absolute Gasteiger partial charge is 0.372 e. The van der Waals surface area contributed by atoms with Crippen molar-refractivity contribution in [2.45, 2.75) is 38.8 Å². The van der Waals surface area contributed by atoms with Crippen molar-refractivity contribution in [3.63, 3.8) is 0 Å². The van der Waals surface area contributed by atoms with Crippen LogP contribution in [0.15, 0.2) is 0 Å². The zero-order valence-electron chi connectivity index (χ0n) is 10.2. The first kappa shape index (κ1) is 11.9. The Hall–Kier alpha value is -0.610. The van der Waals surface area contributed by atoms with Gasteiger partial charge in [-0.3, -0.25) is 4.79 Å². The number of carbonyl (C=O) groups excluding carboxylic acids is 1. The minimum absolute atomic E-state index is 0.164. The molecule has 2 heterocycles. The number of hydrogen-bond acceptors (Lipinski definition) is 3. The van der Waals surface area contributed by atoms with Gasteiger partial charge in [-0.15, -0.1) is 0 Å². The van der Waals surface area contributed by atoms with E-state index in [-0.39, 0.29) is 12.5 Å². The van der Waals surface area contributed by atoms with Gasteiger partial charge in [0.1, 0.15) is 6.61 Å². The SMILES string of the molecule is CCCOCC(=O)N1C(C)CC2CNCC21. The first-order valence-electron chi connectivity index (χ1n) is 6.33. The van der Waals surface area contributed by atoms with Crippen molar-refractivity contribution in [3.8, 4) is 0 Å². The summed E-state index contributed by atoms with van der Waals surface area (Å²) in [6.45, 7) is 7.15. The van der Waals surface area contributed by atoms with E-state index in [1.165, 1.54) is 0 Å². The number of hydrogen-bond donors (Lipinski definition) is 1. The van der Waals surface area contributed by atoms with E-state index in [1.807, 2.05) is 4.90 Å². The number of fused-ring (bicyclic) bond motifs is 1. The summed E-state index contributed by atoms with van der Waals surface area (Å²) in [5.41, 5.74) is 0. The maximum absolute atomic E-state index is 12.0. The minimum Gasteiger partial charge on any atom is -0.372 e. The number of likely N-dealkylation sites (tertiary alicyclic amines) is 1. The van der Waals surface area contributed by atoms with Crippen molar-refractivity contribution in [2.75, 3.05) is 26.3 Å². The average molecular weight is 226 g/mol. The van der Waals surface area contributed by atoms with E-state index in [4.69, 9.17) is 4.74 Å². The molecule has 2 aliphatic rings. The molecule has 16 heavy (non-hydrogen) atoms. The van der Waals surface area contributed by atoms with Gasteiger partial charge in [0.25, 0.3) is 0 Å². The summed E-state index contributed by atoms with van der Waals surface area (Å²) >= 11 is 0. The van der Waals surface area contributed by atoms with Crippen LogP contribution in [0.1, 0.15) is 26.7 Å². The van der Waals surface area contributed by atoms with Crippen molar-refractivity contribution in [1.82, 2.24) is 10.2 Å². The molecule has 3 unspecified atom stereocenters. The molecular weight excluding hydrogens is 204 g/mol. The topological polar surface area (TPSA) is 41.6 Å². The second-order valence-corrected chi connectivity index (χ2v) is 4.92. The maximum Gasteiger partial charge on any atom is 0.249 e. The molecule has 0 spiro atoms. The first-order valence-corrected chi connectivity index (χ1v) is 6.33. The van der Waals surface area contributed by atoms with Gasteiger partial charge in [-0.2, -0.15) is 0 Å². The molecule has 0 aromatic rings. The van der Waals surface area contributed by atoms with Crippen LogP contribution in [0.2, 0.25) is 0 Å². The fourth-order valence-corrected chi connectivity index (χ4v) is 2.97. The molecular formula is C12H22N2O2. The Morgan fingerprint density at radius 3 is 3.06 bits per heavy atom. The van der Waals surface area contributed by atoms with Gasteiger partial charge in [-0.05, 0) is 25.7 Å². The van der Waals surface area contributed by atoms with E-state index in [0.717, 1.165) is 25.9 Å². The van der Waals surface area contributed by atoms with Crippen molar-refractivity contribution < 1.29 is 9.53 Å². The maximum atomic E-state index is 12.0. The first-order chi connectivity index (χ1) is 7.74. The zero-order valence-corrected chi connectivity index (χ0v) is 10.2. The summed E-state index contributed by atoms with van der Waals surface area (Å²) in [4.78, 5) is 14.1. The monoisotopic (exact) mass is 226 g/mol. The van der Waals surface area contributed by atoms with E-state index < -0.39 is 0 Å². The van der Waals surface area contributed by atoms with Crippen LogP contribution in [0, 0.1) is 5.92 Å². The van der Waals surface area contributed by atoms with Crippen molar-refractivity contribution in [3.05, 3.63) is 0 Å². The van der Waals surface area contributed by atoms with Gasteiger partial charge in [0.2, 0.25) is 5.91 Å². The van der Waals surface area contributed by atoms with E-state index in [2.05, 4.69) is 19.2 Å². The molecule has 3 atom stereocenters. The summed E-state index contributed by atoms with van der Waals surface area (Å²) in [6, 6.07) is 0.794. The molecule has 4 heteroatoms. The summed E-state index contributed by atoms with van der Waals surface area (Å²) in [6.07, 6.45) is 2.10. The number of rotatable bonds is 4. The summed E-state index contributed by atoms with van der Waals surface area (Å²) in [7, 11) is 0. The Bertz CT molecular complexity index is 257. The predicted molar refractivity (Wildman–Crippen MR) is 62.2 cm³/mol. The molecule has 0 bridgehead atoms. The molecule has 2 fully saturated rings. The van der Waals surface area contributed by atoms with Crippen LogP contribution < -0.4 is 5.32 Å². The summed E-state index contributed by atoms with van der Waals surface area (Å²) in [5.74, 6) is 0.822. The Morgan fingerprint density at radius 2 is 2.31 bits per heavy atom. The number of amides is 1. The standard InChI is InChI=1S/C12H22N2O2/c1-3-4-16-8-12(15)14-9(2)5-10-6-13-7-11(10)14/h9-11,13H,3-8H2,1-2H3. The van der Waals surface area contributed by atoms with E-state index in [9.17, 15) is 4.79 Å². The van der Waals surface area contributed by atoms with Gasteiger partial charge < -0.3 is 15.0 Å². The van der Waals surface area contributed by atoms with Crippen LogP contribution in [0.3, 0.4) is 0 Å². The molecule has 0 aromatic heterocycles. The van der Waals surface area contributed by atoms with E-state index in [0.29, 0.717) is 24.6 Å². The number of ether oxygens (including phenoxy) is 1. The van der Waals surface area contributed by atoms with Crippen molar-refractivity contribution >= 4 is 5.91 Å². The fraction of sp³-hybridized carbons (Fsp3) is 0.917. The third-order valence-electron chi connectivity index (χ3n) is 3.64. The molecule has 1 amide bonds. The van der Waals surface area contributed by atoms with Gasteiger partial charge in [0.05, 0.1) is 0 Å². The number of carbonyl (C=O) groups is 1. The Labute approximate surface area is 97.3 Å². The van der Waals surface area contributed by atoms with Crippen LogP contribution in [0.5, 0.6) is 0 Å². The lowest BCUT2D eigenvalue weighted by Gasteiger charge is -2.27. The van der Waals surface area contributed by atoms with Crippen LogP contribution in [0.25, 0.3) is 0 Å². The van der Waals surface area contributed by atoms with Crippen LogP contribution in [-0.4, -0.2) is 49.2 Å². The lowest BCUT2D eigenvalue weighted by Crippen LogP contribution is -2.44. The Morgan fingerprint density at radius 1 is 1.50 bits per heavy atom. The van der Waals surface area contributed by atoms with Gasteiger partial charge in [0.15, 0.2) is 0 Å². The van der Waals surface area contributed by atoms with Gasteiger partial charge >= 0.3 is 0 Å². The lowest BCUT2D eigenvalue weighted by atomic mass is 10.0.